The second kappa shape index (κ2) is 5.59. The van der Waals surface area contributed by atoms with Crippen molar-refractivity contribution in [1.29, 1.82) is 0 Å². The summed E-state index contributed by atoms with van der Waals surface area (Å²) in [5.74, 6) is 0.574. The van der Waals surface area contributed by atoms with Gasteiger partial charge in [0.05, 0.1) is 11.6 Å². The van der Waals surface area contributed by atoms with Crippen molar-refractivity contribution in [1.82, 2.24) is 5.32 Å². The lowest BCUT2D eigenvalue weighted by molar-refractivity contribution is -0.117. The molecule has 0 aromatic heterocycles. The van der Waals surface area contributed by atoms with E-state index in [1.54, 1.807) is 12.1 Å². The van der Waals surface area contributed by atoms with Gasteiger partial charge >= 0.3 is 0 Å². The van der Waals surface area contributed by atoms with Gasteiger partial charge in [-0.2, -0.15) is 0 Å². The Morgan fingerprint density at radius 3 is 2.89 bits per heavy atom. The molecule has 1 heterocycles. The fourth-order valence-electron chi connectivity index (χ4n) is 1.99. The zero-order chi connectivity index (χ0) is 13.1. The number of likely N-dealkylation sites (N-methyl/N-ethyl adjacent to an activating group) is 1. The van der Waals surface area contributed by atoms with Crippen molar-refractivity contribution < 1.29 is 9.53 Å². The van der Waals surface area contributed by atoms with Crippen LogP contribution in [0.5, 0.6) is 5.75 Å². The molecule has 2 rings (SSSR count). The van der Waals surface area contributed by atoms with E-state index in [2.05, 4.69) is 10.6 Å². The molecule has 0 saturated carbocycles. The zero-order valence-corrected chi connectivity index (χ0v) is 11.3. The summed E-state index contributed by atoms with van der Waals surface area (Å²) >= 11 is 6.16. The number of ether oxygens (including phenoxy) is 1. The number of benzene rings is 1. The predicted molar refractivity (Wildman–Crippen MR) is 72.3 cm³/mol. The average Bonchev–Trinajstić information content (AvgIpc) is 2.64. The second-order valence-electron chi connectivity index (χ2n) is 4.20. The molecule has 2 N–H and O–H groups in total. The van der Waals surface area contributed by atoms with Gasteiger partial charge < -0.3 is 15.4 Å². The third kappa shape index (κ3) is 2.44. The van der Waals surface area contributed by atoms with Crippen LogP contribution in [0.1, 0.15) is 31.9 Å². The lowest BCUT2D eigenvalue weighted by atomic mass is 10.1. The molecule has 0 radical (unpaired) electrons. The van der Waals surface area contributed by atoms with Crippen molar-refractivity contribution in [3.63, 3.8) is 0 Å². The van der Waals surface area contributed by atoms with Crippen molar-refractivity contribution in [2.24, 2.45) is 0 Å². The summed E-state index contributed by atoms with van der Waals surface area (Å²) in [4.78, 5) is 11.8. The lowest BCUT2D eigenvalue weighted by Crippen LogP contribution is -2.27. The fraction of sp³-hybridized carbons (Fsp3) is 0.462. The van der Waals surface area contributed by atoms with Crippen LogP contribution in [-0.4, -0.2) is 19.1 Å². The molecule has 0 saturated heterocycles. The maximum atomic E-state index is 11.8. The molecule has 0 aliphatic carbocycles. The van der Waals surface area contributed by atoms with Crippen molar-refractivity contribution in [3.8, 4) is 5.75 Å². The third-order valence-electron chi connectivity index (χ3n) is 2.81. The van der Waals surface area contributed by atoms with Crippen molar-refractivity contribution in [3.05, 3.63) is 22.7 Å². The highest BCUT2D eigenvalue weighted by Crippen LogP contribution is 2.38. The summed E-state index contributed by atoms with van der Waals surface area (Å²) < 4.78 is 5.54. The Bertz CT molecular complexity index is 463. The number of fused-ring (bicyclic) bond motifs is 1. The van der Waals surface area contributed by atoms with E-state index in [1.807, 2.05) is 13.8 Å². The van der Waals surface area contributed by atoms with Gasteiger partial charge in [-0.3, -0.25) is 4.79 Å². The third-order valence-corrected chi connectivity index (χ3v) is 3.10. The first-order chi connectivity index (χ1) is 8.67. The first-order valence-corrected chi connectivity index (χ1v) is 6.55. The molecule has 1 aromatic carbocycles. The van der Waals surface area contributed by atoms with Crippen LogP contribution in [0.3, 0.4) is 0 Å². The largest absolute Gasteiger partial charge is 0.492 e. The van der Waals surface area contributed by atoms with Gasteiger partial charge in [-0.25, -0.2) is 0 Å². The Morgan fingerprint density at radius 1 is 1.44 bits per heavy atom. The SMILES string of the molecule is CCCOc1cc2c(cc1Cl)C(NCC)C(=O)N2. The molecule has 1 aliphatic heterocycles. The molecule has 4 nitrogen and oxygen atoms in total. The van der Waals surface area contributed by atoms with Crippen LogP contribution in [0.4, 0.5) is 5.69 Å². The standard InChI is InChI=1S/C13H17ClN2O2/c1-3-5-18-11-7-10-8(6-9(11)14)12(15-4-2)13(17)16-10/h6-7,12,15H,3-5H2,1-2H3,(H,16,17). The fourth-order valence-corrected chi connectivity index (χ4v) is 2.22. The first kappa shape index (κ1) is 13.2. The smallest absolute Gasteiger partial charge is 0.246 e. The minimum Gasteiger partial charge on any atom is -0.492 e. The summed E-state index contributed by atoms with van der Waals surface area (Å²) in [5, 5.41) is 6.51. The number of nitrogens with one attached hydrogen (secondary N) is 2. The summed E-state index contributed by atoms with van der Waals surface area (Å²) in [6.07, 6.45) is 0.916. The van der Waals surface area contributed by atoms with Crippen LogP contribution in [0, 0.1) is 0 Å². The molecule has 1 atom stereocenters. The normalized spacial score (nSPS) is 17.5. The van der Waals surface area contributed by atoms with Crippen LogP contribution in [-0.2, 0) is 4.79 Å². The van der Waals surface area contributed by atoms with Gasteiger partial charge in [0.2, 0.25) is 5.91 Å². The van der Waals surface area contributed by atoms with Crippen LogP contribution in [0.2, 0.25) is 5.02 Å². The van der Waals surface area contributed by atoms with Crippen molar-refractivity contribution in [2.45, 2.75) is 26.3 Å². The number of anilines is 1. The van der Waals surface area contributed by atoms with E-state index >= 15 is 0 Å². The molecule has 1 aliphatic rings. The molecule has 5 heteroatoms. The minimum atomic E-state index is -0.317. The number of amides is 1. The van der Waals surface area contributed by atoms with E-state index in [9.17, 15) is 4.79 Å². The maximum Gasteiger partial charge on any atom is 0.246 e. The monoisotopic (exact) mass is 268 g/mol. The van der Waals surface area contributed by atoms with Crippen LogP contribution in [0.25, 0.3) is 0 Å². The number of carbonyl (C=O) groups excluding carboxylic acids is 1. The Labute approximate surface area is 112 Å². The molecule has 0 bridgehead atoms. The van der Waals surface area contributed by atoms with E-state index in [0.717, 1.165) is 24.2 Å². The van der Waals surface area contributed by atoms with Crippen LogP contribution < -0.4 is 15.4 Å². The van der Waals surface area contributed by atoms with Gasteiger partial charge in [0.15, 0.2) is 0 Å². The van der Waals surface area contributed by atoms with E-state index in [4.69, 9.17) is 16.3 Å². The Hall–Kier alpha value is -1.26. The minimum absolute atomic E-state index is 0.0458. The second-order valence-corrected chi connectivity index (χ2v) is 4.61. The highest BCUT2D eigenvalue weighted by atomic mass is 35.5. The number of hydrogen-bond donors (Lipinski definition) is 2. The van der Waals surface area contributed by atoms with Gasteiger partial charge in [-0.15, -0.1) is 0 Å². The number of rotatable bonds is 5. The van der Waals surface area contributed by atoms with Crippen LogP contribution >= 0.6 is 11.6 Å². The summed E-state index contributed by atoms with van der Waals surface area (Å²) in [6.45, 7) is 5.34. The van der Waals surface area contributed by atoms with Crippen molar-refractivity contribution >= 4 is 23.2 Å². The molecule has 0 spiro atoms. The van der Waals surface area contributed by atoms with Gasteiger partial charge in [0.25, 0.3) is 0 Å². The summed E-state index contributed by atoms with van der Waals surface area (Å²) in [5.41, 5.74) is 1.66. The molecule has 98 valence electrons. The predicted octanol–water partition coefficient (Wildman–Crippen LogP) is 2.73. The Kier molecular flexibility index (Phi) is 4.09. The maximum absolute atomic E-state index is 11.8. The molecule has 1 aromatic rings. The highest BCUT2D eigenvalue weighted by molar-refractivity contribution is 6.32. The van der Waals surface area contributed by atoms with E-state index < -0.39 is 0 Å². The van der Waals surface area contributed by atoms with E-state index in [0.29, 0.717) is 17.4 Å². The van der Waals surface area contributed by atoms with Gasteiger partial charge in [0, 0.05) is 17.3 Å². The number of carbonyl (C=O) groups is 1. The van der Waals surface area contributed by atoms with E-state index in [1.165, 1.54) is 0 Å². The van der Waals surface area contributed by atoms with Gasteiger partial charge in [-0.1, -0.05) is 25.4 Å². The molecule has 1 unspecified atom stereocenters. The summed E-state index contributed by atoms with van der Waals surface area (Å²) in [7, 11) is 0. The molecule has 0 fully saturated rings. The Balaban J connectivity index is 2.29. The Morgan fingerprint density at radius 2 is 2.22 bits per heavy atom. The first-order valence-electron chi connectivity index (χ1n) is 6.17. The quantitative estimate of drug-likeness (QED) is 0.863. The number of halogens is 1. The average molecular weight is 269 g/mol. The lowest BCUT2D eigenvalue weighted by Gasteiger charge is -2.11. The topological polar surface area (TPSA) is 50.4 Å². The van der Waals surface area contributed by atoms with Crippen molar-refractivity contribution in [2.75, 3.05) is 18.5 Å². The highest BCUT2D eigenvalue weighted by Gasteiger charge is 2.30. The molecule has 1 amide bonds. The van der Waals surface area contributed by atoms with E-state index in [-0.39, 0.29) is 11.9 Å². The zero-order valence-electron chi connectivity index (χ0n) is 10.5. The molecular formula is C13H17ClN2O2. The van der Waals surface area contributed by atoms with Gasteiger partial charge in [0.1, 0.15) is 11.8 Å². The molecule has 18 heavy (non-hydrogen) atoms. The van der Waals surface area contributed by atoms with Crippen LogP contribution in [0.15, 0.2) is 12.1 Å². The summed E-state index contributed by atoms with van der Waals surface area (Å²) in [6, 6.07) is 3.28. The number of hydrogen-bond acceptors (Lipinski definition) is 3. The van der Waals surface area contributed by atoms with Gasteiger partial charge in [-0.05, 0) is 19.0 Å². The molecular weight excluding hydrogens is 252 g/mol.